The van der Waals surface area contributed by atoms with Crippen molar-refractivity contribution >= 4 is 5.91 Å². The Morgan fingerprint density at radius 1 is 1.67 bits per heavy atom. The van der Waals surface area contributed by atoms with Gasteiger partial charge in [-0.05, 0) is 27.2 Å². The smallest absolute Gasteiger partial charge is 0.251 e. The van der Waals surface area contributed by atoms with Gasteiger partial charge < -0.3 is 5.32 Å². The minimum Gasteiger partial charge on any atom is -0.349 e. The number of amides is 1. The molecule has 0 saturated carbocycles. The summed E-state index contributed by atoms with van der Waals surface area (Å²) in [5, 5.41) is 2.81. The van der Waals surface area contributed by atoms with Crippen LogP contribution in [-0.4, -0.2) is 17.6 Å². The molecule has 4 heteroatoms. The molecule has 4 nitrogen and oxygen atoms in total. The average molecular weight is 174 g/mol. The summed E-state index contributed by atoms with van der Waals surface area (Å²) < 4.78 is 0. The summed E-state index contributed by atoms with van der Waals surface area (Å²) in [6.07, 6.45) is 0.284. The zero-order chi connectivity index (χ0) is 9.78. The quantitative estimate of drug-likeness (QED) is 0.612. The number of nitrogens with one attached hydrogen (secondary N) is 1. The molecule has 12 heavy (non-hydrogen) atoms. The number of carbonyl (C=O) groups excluding carboxylic acids is 1. The van der Waals surface area contributed by atoms with Crippen LogP contribution in [0.15, 0.2) is 0 Å². The SMILES string of the molecule is CCC(C)(C)NC(=O)C(C)ON. The fraction of sp³-hybridized carbons (Fsp3) is 0.875. The van der Waals surface area contributed by atoms with E-state index in [1.54, 1.807) is 6.92 Å². The summed E-state index contributed by atoms with van der Waals surface area (Å²) in [7, 11) is 0. The average Bonchev–Trinajstić information content (AvgIpc) is 2.02. The summed E-state index contributed by atoms with van der Waals surface area (Å²) >= 11 is 0. The van der Waals surface area contributed by atoms with E-state index in [9.17, 15) is 4.79 Å². The Balaban J connectivity index is 4.00. The molecule has 0 fully saturated rings. The lowest BCUT2D eigenvalue weighted by molar-refractivity contribution is -0.133. The summed E-state index contributed by atoms with van der Waals surface area (Å²) in [5.41, 5.74) is -0.191. The zero-order valence-electron chi connectivity index (χ0n) is 8.18. The maximum atomic E-state index is 11.2. The van der Waals surface area contributed by atoms with Crippen LogP contribution in [0.5, 0.6) is 0 Å². The van der Waals surface area contributed by atoms with Crippen molar-refractivity contribution in [3.05, 3.63) is 0 Å². The molecule has 0 aliphatic carbocycles. The third kappa shape index (κ3) is 3.69. The van der Waals surface area contributed by atoms with Gasteiger partial charge >= 0.3 is 0 Å². The van der Waals surface area contributed by atoms with Gasteiger partial charge in [0.25, 0.3) is 5.91 Å². The van der Waals surface area contributed by atoms with Crippen LogP contribution < -0.4 is 11.2 Å². The van der Waals surface area contributed by atoms with Gasteiger partial charge in [-0.15, -0.1) is 0 Å². The minimum absolute atomic E-state index is 0.177. The molecule has 0 radical (unpaired) electrons. The number of nitrogens with two attached hydrogens (primary N) is 1. The molecule has 1 unspecified atom stereocenters. The van der Waals surface area contributed by atoms with Gasteiger partial charge in [-0.1, -0.05) is 6.92 Å². The summed E-state index contributed by atoms with van der Waals surface area (Å²) in [6, 6.07) is 0. The molecule has 1 amide bonds. The molecule has 0 aromatic carbocycles. The predicted molar refractivity (Wildman–Crippen MR) is 47.2 cm³/mol. The van der Waals surface area contributed by atoms with E-state index in [0.29, 0.717) is 0 Å². The molecule has 72 valence electrons. The molecular formula is C8H18N2O2. The van der Waals surface area contributed by atoms with Gasteiger partial charge in [0.15, 0.2) is 6.10 Å². The second kappa shape index (κ2) is 4.42. The highest BCUT2D eigenvalue weighted by molar-refractivity contribution is 5.80. The van der Waals surface area contributed by atoms with Crippen molar-refractivity contribution in [2.24, 2.45) is 5.90 Å². The van der Waals surface area contributed by atoms with Gasteiger partial charge in [0.1, 0.15) is 0 Å². The zero-order valence-corrected chi connectivity index (χ0v) is 8.18. The Bertz CT molecular complexity index is 157. The Morgan fingerprint density at radius 3 is 2.50 bits per heavy atom. The van der Waals surface area contributed by atoms with Crippen molar-refractivity contribution in [1.29, 1.82) is 0 Å². The van der Waals surface area contributed by atoms with E-state index in [2.05, 4.69) is 10.2 Å². The number of hydrogen-bond acceptors (Lipinski definition) is 3. The maximum absolute atomic E-state index is 11.2. The third-order valence-electron chi connectivity index (χ3n) is 1.92. The van der Waals surface area contributed by atoms with Crippen LogP contribution >= 0.6 is 0 Å². The topological polar surface area (TPSA) is 64.3 Å². The van der Waals surface area contributed by atoms with Crippen molar-refractivity contribution < 1.29 is 9.63 Å². The van der Waals surface area contributed by atoms with Crippen molar-refractivity contribution in [3.63, 3.8) is 0 Å². The molecule has 0 bridgehead atoms. The fourth-order valence-electron chi connectivity index (χ4n) is 0.585. The molecule has 0 aromatic rings. The highest BCUT2D eigenvalue weighted by Gasteiger charge is 2.21. The Kier molecular flexibility index (Phi) is 4.20. The highest BCUT2D eigenvalue weighted by atomic mass is 16.6. The third-order valence-corrected chi connectivity index (χ3v) is 1.92. The first-order chi connectivity index (χ1) is 5.43. The van der Waals surface area contributed by atoms with Crippen molar-refractivity contribution in [3.8, 4) is 0 Å². The van der Waals surface area contributed by atoms with Crippen molar-refractivity contribution in [1.82, 2.24) is 5.32 Å². The molecule has 0 rings (SSSR count). The number of hydrogen-bond donors (Lipinski definition) is 2. The van der Waals surface area contributed by atoms with Crippen LogP contribution in [-0.2, 0) is 9.63 Å². The van der Waals surface area contributed by atoms with Gasteiger partial charge in [0.2, 0.25) is 0 Å². The van der Waals surface area contributed by atoms with Crippen LogP contribution in [0, 0.1) is 0 Å². The molecule has 0 saturated heterocycles. The van der Waals surface area contributed by atoms with Gasteiger partial charge in [-0.3, -0.25) is 9.63 Å². The molecule has 0 heterocycles. The number of rotatable bonds is 4. The summed E-state index contributed by atoms with van der Waals surface area (Å²) in [5.74, 6) is 4.70. The first-order valence-corrected chi connectivity index (χ1v) is 4.10. The van der Waals surface area contributed by atoms with Crippen LogP contribution in [0.25, 0.3) is 0 Å². The van der Waals surface area contributed by atoms with Gasteiger partial charge in [0.05, 0.1) is 0 Å². The Hall–Kier alpha value is -0.610. The summed E-state index contributed by atoms with van der Waals surface area (Å²) in [6.45, 7) is 7.53. The van der Waals surface area contributed by atoms with E-state index in [4.69, 9.17) is 5.90 Å². The minimum atomic E-state index is -0.587. The van der Waals surface area contributed by atoms with E-state index >= 15 is 0 Å². The van der Waals surface area contributed by atoms with Crippen molar-refractivity contribution in [2.75, 3.05) is 0 Å². The second-order valence-corrected chi connectivity index (χ2v) is 3.50. The monoisotopic (exact) mass is 174 g/mol. The largest absolute Gasteiger partial charge is 0.349 e. The molecule has 1 atom stereocenters. The second-order valence-electron chi connectivity index (χ2n) is 3.50. The number of carbonyl (C=O) groups is 1. The molecule has 3 N–H and O–H groups in total. The first kappa shape index (κ1) is 11.4. The lowest BCUT2D eigenvalue weighted by atomic mass is 10.0. The summed E-state index contributed by atoms with van der Waals surface area (Å²) in [4.78, 5) is 15.6. The Morgan fingerprint density at radius 2 is 2.17 bits per heavy atom. The van der Waals surface area contributed by atoms with Gasteiger partial charge in [-0.2, -0.15) is 0 Å². The Labute approximate surface area is 73.4 Å². The maximum Gasteiger partial charge on any atom is 0.251 e. The van der Waals surface area contributed by atoms with E-state index in [0.717, 1.165) is 6.42 Å². The molecule has 0 aliphatic rings. The van der Waals surface area contributed by atoms with E-state index < -0.39 is 6.10 Å². The fourth-order valence-corrected chi connectivity index (χ4v) is 0.585. The van der Waals surface area contributed by atoms with Crippen molar-refractivity contribution in [2.45, 2.75) is 45.8 Å². The van der Waals surface area contributed by atoms with Gasteiger partial charge in [0, 0.05) is 5.54 Å². The predicted octanol–water partition coefficient (Wildman–Crippen LogP) is 0.570. The molecule has 0 spiro atoms. The lowest BCUT2D eigenvalue weighted by Crippen LogP contribution is -2.47. The van der Waals surface area contributed by atoms with E-state index in [1.807, 2.05) is 20.8 Å². The van der Waals surface area contributed by atoms with E-state index in [-0.39, 0.29) is 11.4 Å². The van der Waals surface area contributed by atoms with Gasteiger partial charge in [-0.25, -0.2) is 5.90 Å². The van der Waals surface area contributed by atoms with Crippen LogP contribution in [0.1, 0.15) is 34.1 Å². The van der Waals surface area contributed by atoms with Crippen LogP contribution in [0.3, 0.4) is 0 Å². The standard InChI is InChI=1S/C8H18N2O2/c1-5-8(3,4)10-7(11)6(2)12-9/h6H,5,9H2,1-4H3,(H,10,11). The lowest BCUT2D eigenvalue weighted by Gasteiger charge is -2.25. The normalized spacial score (nSPS) is 14.1. The van der Waals surface area contributed by atoms with Crippen LogP contribution in [0.4, 0.5) is 0 Å². The highest BCUT2D eigenvalue weighted by Crippen LogP contribution is 2.07. The van der Waals surface area contributed by atoms with Crippen LogP contribution in [0.2, 0.25) is 0 Å². The molecule has 0 aliphatic heterocycles. The first-order valence-electron chi connectivity index (χ1n) is 4.10. The molecular weight excluding hydrogens is 156 g/mol. The molecule has 0 aromatic heterocycles. The van der Waals surface area contributed by atoms with E-state index in [1.165, 1.54) is 0 Å².